The summed E-state index contributed by atoms with van der Waals surface area (Å²) < 4.78 is 0. The van der Waals surface area contributed by atoms with Gasteiger partial charge in [0.15, 0.2) is 0 Å². The van der Waals surface area contributed by atoms with Crippen molar-refractivity contribution < 1.29 is 4.79 Å². The molecule has 26 heavy (non-hydrogen) atoms. The Balaban J connectivity index is 1.78. The highest BCUT2D eigenvalue weighted by Gasteiger charge is 2.18. The maximum absolute atomic E-state index is 12.7. The topological polar surface area (TPSA) is 42.0 Å². The standard InChI is InChI=1S/C22H24N2OS/c1-15(2)22-23-19(14-26-22)13-20(25)24-21(17-7-5-4-6-8-17)18-11-9-16(3)10-12-18/h4-12,14-15,21H,13H2,1-3H3,(H,24,25)/t21-/m1/s1. The second-order valence-corrected chi connectivity index (χ2v) is 7.72. The van der Waals surface area contributed by atoms with Crippen molar-refractivity contribution >= 4 is 17.2 Å². The summed E-state index contributed by atoms with van der Waals surface area (Å²) in [7, 11) is 0. The van der Waals surface area contributed by atoms with Gasteiger partial charge in [-0.2, -0.15) is 0 Å². The number of aromatic nitrogens is 1. The Bertz CT molecular complexity index is 853. The molecule has 0 radical (unpaired) electrons. The van der Waals surface area contributed by atoms with Gasteiger partial charge in [0.05, 0.1) is 23.2 Å². The molecule has 3 nitrogen and oxygen atoms in total. The SMILES string of the molecule is Cc1ccc([C@H](NC(=O)Cc2csc(C(C)C)n2)c2ccccc2)cc1. The first-order valence-corrected chi connectivity index (χ1v) is 9.76. The van der Waals surface area contributed by atoms with Gasteiger partial charge >= 0.3 is 0 Å². The van der Waals surface area contributed by atoms with Crippen LogP contribution < -0.4 is 5.32 Å². The normalized spacial score (nSPS) is 12.2. The van der Waals surface area contributed by atoms with Crippen LogP contribution >= 0.6 is 11.3 Å². The Morgan fingerprint density at radius 2 is 1.69 bits per heavy atom. The number of carbonyl (C=O) groups excluding carboxylic acids is 1. The average Bonchev–Trinajstić information content (AvgIpc) is 3.10. The molecule has 0 bridgehead atoms. The van der Waals surface area contributed by atoms with Gasteiger partial charge in [-0.3, -0.25) is 4.79 Å². The quantitative estimate of drug-likeness (QED) is 0.667. The number of amides is 1. The van der Waals surface area contributed by atoms with Crippen LogP contribution in [0, 0.1) is 6.92 Å². The first-order valence-electron chi connectivity index (χ1n) is 8.88. The minimum atomic E-state index is -0.160. The summed E-state index contributed by atoms with van der Waals surface area (Å²) in [6, 6.07) is 18.2. The summed E-state index contributed by atoms with van der Waals surface area (Å²) >= 11 is 1.62. The molecule has 3 rings (SSSR count). The number of carbonyl (C=O) groups is 1. The number of aryl methyl sites for hydroxylation is 1. The Kier molecular flexibility index (Phi) is 5.84. The lowest BCUT2D eigenvalue weighted by atomic mass is 9.97. The van der Waals surface area contributed by atoms with Gasteiger partial charge in [-0.05, 0) is 18.1 Å². The fraction of sp³-hybridized carbons (Fsp3) is 0.273. The monoisotopic (exact) mass is 364 g/mol. The fourth-order valence-electron chi connectivity index (χ4n) is 2.81. The maximum atomic E-state index is 12.7. The molecular formula is C22H24N2OS. The van der Waals surface area contributed by atoms with Crippen molar-refractivity contribution in [3.05, 3.63) is 87.4 Å². The van der Waals surface area contributed by atoms with E-state index in [1.807, 2.05) is 35.7 Å². The lowest BCUT2D eigenvalue weighted by Gasteiger charge is -2.20. The molecule has 1 amide bonds. The summed E-state index contributed by atoms with van der Waals surface area (Å²) in [6.07, 6.45) is 0.304. The highest BCUT2D eigenvalue weighted by atomic mass is 32.1. The van der Waals surface area contributed by atoms with E-state index in [1.165, 1.54) is 5.56 Å². The van der Waals surface area contributed by atoms with Gasteiger partial charge in [-0.1, -0.05) is 74.0 Å². The molecule has 0 unspecified atom stereocenters. The fourth-order valence-corrected chi connectivity index (χ4v) is 3.64. The van der Waals surface area contributed by atoms with Crippen molar-refractivity contribution in [2.24, 2.45) is 0 Å². The lowest BCUT2D eigenvalue weighted by Crippen LogP contribution is -2.30. The Hall–Kier alpha value is -2.46. The van der Waals surface area contributed by atoms with Crippen LogP contribution in [-0.2, 0) is 11.2 Å². The second kappa shape index (κ2) is 8.28. The molecule has 2 aromatic carbocycles. The van der Waals surface area contributed by atoms with E-state index in [4.69, 9.17) is 0 Å². The molecule has 1 heterocycles. The highest BCUT2D eigenvalue weighted by molar-refractivity contribution is 7.09. The number of benzene rings is 2. The molecule has 0 saturated heterocycles. The largest absolute Gasteiger partial charge is 0.345 e. The first kappa shape index (κ1) is 18.3. The van der Waals surface area contributed by atoms with Crippen molar-refractivity contribution in [3.8, 4) is 0 Å². The Labute approximate surface area is 159 Å². The molecule has 0 aliphatic carbocycles. The molecule has 1 N–H and O–H groups in total. The van der Waals surface area contributed by atoms with Crippen molar-refractivity contribution in [1.82, 2.24) is 10.3 Å². The van der Waals surface area contributed by atoms with Gasteiger partial charge < -0.3 is 5.32 Å². The van der Waals surface area contributed by atoms with Crippen molar-refractivity contribution in [1.29, 1.82) is 0 Å². The van der Waals surface area contributed by atoms with Crippen LogP contribution in [0.5, 0.6) is 0 Å². The van der Waals surface area contributed by atoms with Crippen LogP contribution in [0.15, 0.2) is 60.0 Å². The third-order valence-electron chi connectivity index (χ3n) is 4.25. The molecule has 0 aliphatic heterocycles. The second-order valence-electron chi connectivity index (χ2n) is 6.83. The van der Waals surface area contributed by atoms with Gasteiger partial charge in [0.2, 0.25) is 5.91 Å². The zero-order valence-electron chi connectivity index (χ0n) is 15.4. The van der Waals surface area contributed by atoms with Crippen molar-refractivity contribution in [3.63, 3.8) is 0 Å². The molecule has 4 heteroatoms. The molecule has 3 aromatic rings. The van der Waals surface area contributed by atoms with Crippen LogP contribution in [0.4, 0.5) is 0 Å². The van der Waals surface area contributed by atoms with Crippen LogP contribution in [0.2, 0.25) is 0 Å². The van der Waals surface area contributed by atoms with Crippen LogP contribution in [-0.4, -0.2) is 10.9 Å². The molecule has 1 aromatic heterocycles. The molecule has 0 spiro atoms. The number of rotatable bonds is 6. The number of nitrogens with zero attached hydrogens (tertiary/aromatic N) is 1. The summed E-state index contributed by atoms with van der Waals surface area (Å²) in [5, 5.41) is 6.24. The number of nitrogens with one attached hydrogen (secondary N) is 1. The predicted octanol–water partition coefficient (Wildman–Crippen LogP) is 5.02. The molecular weight excluding hydrogens is 340 g/mol. The van der Waals surface area contributed by atoms with Gasteiger partial charge in [0.25, 0.3) is 0 Å². The Morgan fingerprint density at radius 3 is 2.31 bits per heavy atom. The number of hydrogen-bond acceptors (Lipinski definition) is 3. The number of thiazole rings is 1. The van der Waals surface area contributed by atoms with Crippen LogP contribution in [0.1, 0.15) is 53.2 Å². The molecule has 0 fully saturated rings. The maximum Gasteiger partial charge on any atom is 0.226 e. The average molecular weight is 365 g/mol. The summed E-state index contributed by atoms with van der Waals surface area (Å²) in [5.41, 5.74) is 4.20. The van der Waals surface area contributed by atoms with E-state index in [1.54, 1.807) is 11.3 Å². The molecule has 1 atom stereocenters. The van der Waals surface area contributed by atoms with Gasteiger partial charge in [-0.15, -0.1) is 11.3 Å². The van der Waals surface area contributed by atoms with Gasteiger partial charge in [0, 0.05) is 11.3 Å². The van der Waals surface area contributed by atoms with Gasteiger partial charge in [0.1, 0.15) is 0 Å². The lowest BCUT2D eigenvalue weighted by molar-refractivity contribution is -0.121. The third-order valence-corrected chi connectivity index (χ3v) is 5.45. The van der Waals surface area contributed by atoms with Crippen molar-refractivity contribution in [2.75, 3.05) is 0 Å². The summed E-state index contributed by atoms with van der Waals surface area (Å²) in [5.74, 6) is 0.376. The minimum Gasteiger partial charge on any atom is -0.345 e. The van der Waals surface area contributed by atoms with E-state index in [0.29, 0.717) is 12.3 Å². The van der Waals surface area contributed by atoms with E-state index in [0.717, 1.165) is 21.8 Å². The van der Waals surface area contributed by atoms with Crippen molar-refractivity contribution in [2.45, 2.75) is 39.2 Å². The van der Waals surface area contributed by atoms with E-state index >= 15 is 0 Å². The zero-order valence-corrected chi connectivity index (χ0v) is 16.2. The van der Waals surface area contributed by atoms with Crippen LogP contribution in [0.25, 0.3) is 0 Å². The number of hydrogen-bond donors (Lipinski definition) is 1. The zero-order chi connectivity index (χ0) is 18.5. The summed E-state index contributed by atoms with van der Waals surface area (Å²) in [6.45, 7) is 6.30. The molecule has 134 valence electrons. The Morgan fingerprint density at radius 1 is 1.04 bits per heavy atom. The van der Waals surface area contributed by atoms with E-state index in [2.05, 4.69) is 55.3 Å². The predicted molar refractivity (Wildman–Crippen MR) is 108 cm³/mol. The highest BCUT2D eigenvalue weighted by Crippen LogP contribution is 2.23. The molecule has 0 saturated carbocycles. The first-order chi connectivity index (χ1) is 12.5. The third kappa shape index (κ3) is 4.58. The minimum absolute atomic E-state index is 0.0139. The van der Waals surface area contributed by atoms with E-state index in [9.17, 15) is 4.79 Å². The van der Waals surface area contributed by atoms with E-state index < -0.39 is 0 Å². The van der Waals surface area contributed by atoms with Gasteiger partial charge in [-0.25, -0.2) is 4.98 Å². The van der Waals surface area contributed by atoms with Crippen LogP contribution in [0.3, 0.4) is 0 Å². The smallest absolute Gasteiger partial charge is 0.226 e. The summed E-state index contributed by atoms with van der Waals surface area (Å²) in [4.78, 5) is 17.2. The van der Waals surface area contributed by atoms with E-state index in [-0.39, 0.29) is 11.9 Å². The molecule has 0 aliphatic rings.